The van der Waals surface area contributed by atoms with Crippen LogP contribution in [0.15, 0.2) is 36.7 Å². The van der Waals surface area contributed by atoms with Crippen molar-refractivity contribution in [1.29, 1.82) is 0 Å². The molecule has 2 N–H and O–H groups in total. The summed E-state index contributed by atoms with van der Waals surface area (Å²) in [4.78, 5) is 0. The van der Waals surface area contributed by atoms with Gasteiger partial charge in [0.2, 0.25) is 0 Å². The minimum absolute atomic E-state index is 0.725. The van der Waals surface area contributed by atoms with Crippen LogP contribution in [0.1, 0.15) is 24.3 Å². The molecule has 76 valence electrons. The molecule has 1 fully saturated rings. The van der Waals surface area contributed by atoms with Gasteiger partial charge in [-0.2, -0.15) is 5.10 Å². The van der Waals surface area contributed by atoms with Crippen LogP contribution in [0.3, 0.4) is 0 Å². The summed E-state index contributed by atoms with van der Waals surface area (Å²) in [7, 11) is 0. The lowest BCUT2D eigenvalue weighted by molar-refractivity contribution is 0.877. The number of benzene rings is 1. The Morgan fingerprint density at radius 2 is 2.13 bits per heavy atom. The molecule has 0 unspecified atom stereocenters. The van der Waals surface area contributed by atoms with Gasteiger partial charge in [-0.05, 0) is 48.6 Å². The number of nitrogen functional groups attached to an aromatic ring is 1. The van der Waals surface area contributed by atoms with E-state index >= 15 is 0 Å². The minimum atomic E-state index is 0.725. The van der Waals surface area contributed by atoms with Crippen LogP contribution in [-0.2, 0) is 0 Å². The highest BCUT2D eigenvalue weighted by molar-refractivity contribution is 5.52. The van der Waals surface area contributed by atoms with Gasteiger partial charge in [0.25, 0.3) is 0 Å². The fourth-order valence-corrected chi connectivity index (χ4v) is 1.87. The van der Waals surface area contributed by atoms with Crippen LogP contribution in [0.25, 0.3) is 5.69 Å². The molecule has 3 nitrogen and oxygen atoms in total. The molecule has 0 atom stereocenters. The zero-order valence-corrected chi connectivity index (χ0v) is 8.43. The van der Waals surface area contributed by atoms with E-state index in [1.165, 1.54) is 18.4 Å². The fourth-order valence-electron chi connectivity index (χ4n) is 1.87. The first-order valence-corrected chi connectivity index (χ1v) is 5.23. The van der Waals surface area contributed by atoms with Crippen LogP contribution in [0, 0.1) is 0 Å². The Bertz CT molecular complexity index is 470. The van der Waals surface area contributed by atoms with Gasteiger partial charge in [-0.1, -0.05) is 0 Å². The van der Waals surface area contributed by atoms with E-state index in [0.29, 0.717) is 0 Å². The number of rotatable bonds is 2. The molecule has 0 bridgehead atoms. The first kappa shape index (κ1) is 8.53. The Morgan fingerprint density at radius 1 is 1.27 bits per heavy atom. The Hall–Kier alpha value is -1.77. The summed E-state index contributed by atoms with van der Waals surface area (Å²) in [5.41, 5.74) is 9.12. The second-order valence-corrected chi connectivity index (χ2v) is 4.08. The molecule has 1 heterocycles. The van der Waals surface area contributed by atoms with Gasteiger partial charge in [-0.3, -0.25) is 0 Å². The third-order valence-corrected chi connectivity index (χ3v) is 2.78. The van der Waals surface area contributed by atoms with Crippen molar-refractivity contribution in [2.75, 3.05) is 5.73 Å². The molecular formula is C12H13N3. The van der Waals surface area contributed by atoms with E-state index in [2.05, 4.69) is 17.2 Å². The van der Waals surface area contributed by atoms with Crippen LogP contribution in [0.2, 0.25) is 0 Å². The topological polar surface area (TPSA) is 43.8 Å². The zero-order chi connectivity index (χ0) is 10.3. The highest BCUT2D eigenvalue weighted by atomic mass is 15.3. The third-order valence-electron chi connectivity index (χ3n) is 2.78. The summed E-state index contributed by atoms with van der Waals surface area (Å²) in [5.74, 6) is 0.725. The SMILES string of the molecule is Nc1cc(C2CC2)cc(-n2cccn2)c1. The van der Waals surface area contributed by atoms with Crippen molar-refractivity contribution in [2.45, 2.75) is 18.8 Å². The molecule has 1 aromatic heterocycles. The number of hydrogen-bond acceptors (Lipinski definition) is 2. The molecule has 0 aliphatic heterocycles. The Labute approximate surface area is 88.5 Å². The first-order valence-electron chi connectivity index (χ1n) is 5.23. The lowest BCUT2D eigenvalue weighted by Crippen LogP contribution is -1.97. The predicted molar refractivity (Wildman–Crippen MR) is 60.0 cm³/mol. The van der Waals surface area contributed by atoms with Crippen molar-refractivity contribution in [3.63, 3.8) is 0 Å². The van der Waals surface area contributed by atoms with Crippen molar-refractivity contribution in [3.8, 4) is 5.69 Å². The van der Waals surface area contributed by atoms with Gasteiger partial charge in [0.05, 0.1) is 5.69 Å². The maximum Gasteiger partial charge on any atom is 0.0668 e. The van der Waals surface area contributed by atoms with Gasteiger partial charge in [-0.15, -0.1) is 0 Å². The molecule has 0 spiro atoms. The molecule has 1 saturated carbocycles. The normalized spacial score (nSPS) is 15.5. The molecule has 1 aliphatic rings. The average Bonchev–Trinajstić information content (AvgIpc) is 2.93. The van der Waals surface area contributed by atoms with Crippen molar-refractivity contribution in [2.24, 2.45) is 0 Å². The second-order valence-electron chi connectivity index (χ2n) is 4.08. The number of aromatic nitrogens is 2. The van der Waals surface area contributed by atoms with E-state index < -0.39 is 0 Å². The quantitative estimate of drug-likeness (QED) is 0.754. The largest absolute Gasteiger partial charge is 0.399 e. The van der Waals surface area contributed by atoms with Crippen molar-refractivity contribution < 1.29 is 0 Å². The van der Waals surface area contributed by atoms with Gasteiger partial charge in [0.15, 0.2) is 0 Å². The molecule has 0 radical (unpaired) electrons. The van der Waals surface area contributed by atoms with E-state index in [9.17, 15) is 0 Å². The van der Waals surface area contributed by atoms with Crippen molar-refractivity contribution in [3.05, 3.63) is 42.2 Å². The molecule has 15 heavy (non-hydrogen) atoms. The van der Waals surface area contributed by atoms with Gasteiger partial charge in [0.1, 0.15) is 0 Å². The molecular weight excluding hydrogens is 186 g/mol. The fraction of sp³-hybridized carbons (Fsp3) is 0.250. The van der Waals surface area contributed by atoms with E-state index in [1.807, 2.05) is 23.0 Å². The lowest BCUT2D eigenvalue weighted by atomic mass is 10.1. The standard InChI is InChI=1S/C12H13N3/c13-11-6-10(9-2-3-9)7-12(8-11)15-5-1-4-14-15/h1,4-9H,2-3,13H2. The van der Waals surface area contributed by atoms with Gasteiger partial charge >= 0.3 is 0 Å². The summed E-state index contributed by atoms with van der Waals surface area (Å²) in [6.45, 7) is 0. The predicted octanol–water partition coefficient (Wildman–Crippen LogP) is 2.33. The van der Waals surface area contributed by atoms with Gasteiger partial charge in [0, 0.05) is 18.1 Å². The van der Waals surface area contributed by atoms with Crippen LogP contribution in [0.4, 0.5) is 5.69 Å². The zero-order valence-electron chi connectivity index (χ0n) is 8.43. The van der Waals surface area contributed by atoms with Crippen molar-refractivity contribution >= 4 is 5.69 Å². The molecule has 1 aromatic carbocycles. The van der Waals surface area contributed by atoms with Crippen molar-refractivity contribution in [1.82, 2.24) is 9.78 Å². The Morgan fingerprint density at radius 3 is 2.80 bits per heavy atom. The molecule has 1 aliphatic carbocycles. The molecule has 3 rings (SSSR count). The highest BCUT2D eigenvalue weighted by Gasteiger charge is 2.24. The monoisotopic (exact) mass is 199 g/mol. The van der Waals surface area contributed by atoms with Crippen LogP contribution in [-0.4, -0.2) is 9.78 Å². The van der Waals surface area contributed by atoms with E-state index in [4.69, 9.17) is 5.73 Å². The number of nitrogens with two attached hydrogens (primary N) is 1. The minimum Gasteiger partial charge on any atom is -0.399 e. The number of hydrogen-bond donors (Lipinski definition) is 1. The van der Waals surface area contributed by atoms with Gasteiger partial charge < -0.3 is 5.73 Å². The molecule has 2 aromatic rings. The smallest absolute Gasteiger partial charge is 0.0668 e. The van der Waals surface area contributed by atoms with Crippen LogP contribution >= 0.6 is 0 Å². The van der Waals surface area contributed by atoms with E-state index in [1.54, 1.807) is 6.20 Å². The Balaban J connectivity index is 2.07. The van der Waals surface area contributed by atoms with Crippen LogP contribution in [0.5, 0.6) is 0 Å². The van der Waals surface area contributed by atoms with E-state index in [0.717, 1.165) is 17.3 Å². The lowest BCUT2D eigenvalue weighted by Gasteiger charge is -2.06. The van der Waals surface area contributed by atoms with E-state index in [-0.39, 0.29) is 0 Å². The number of nitrogens with zero attached hydrogens (tertiary/aromatic N) is 2. The average molecular weight is 199 g/mol. The Kier molecular flexibility index (Phi) is 1.78. The molecule has 0 amide bonds. The molecule has 0 saturated heterocycles. The summed E-state index contributed by atoms with van der Waals surface area (Å²) < 4.78 is 1.85. The van der Waals surface area contributed by atoms with Gasteiger partial charge in [-0.25, -0.2) is 4.68 Å². The third kappa shape index (κ3) is 1.61. The molecule has 3 heteroatoms. The summed E-state index contributed by atoms with van der Waals surface area (Å²) in [6, 6.07) is 8.13. The second kappa shape index (κ2) is 3.12. The summed E-state index contributed by atoms with van der Waals surface area (Å²) in [6.07, 6.45) is 6.30. The number of anilines is 1. The van der Waals surface area contributed by atoms with Crippen LogP contribution < -0.4 is 5.73 Å². The summed E-state index contributed by atoms with van der Waals surface area (Å²) >= 11 is 0. The summed E-state index contributed by atoms with van der Waals surface area (Å²) in [5, 5.41) is 4.21. The maximum atomic E-state index is 5.89. The highest BCUT2D eigenvalue weighted by Crippen LogP contribution is 2.41. The first-order chi connectivity index (χ1) is 7.33. The maximum absolute atomic E-state index is 5.89.